The van der Waals surface area contributed by atoms with Crippen LogP contribution in [0, 0.1) is 11.8 Å². The molecule has 0 aromatic carbocycles. The number of hydrogen-bond acceptors (Lipinski definition) is 7. The minimum Gasteiger partial charge on any atom is -0.477 e. The molecule has 3 fully saturated rings. The number of aliphatic hydroxyl groups is 1. The molecule has 5 N–H and O–H groups in total. The molecule has 0 aromatic heterocycles. The van der Waals surface area contributed by atoms with Crippen LogP contribution in [0.15, 0.2) is 10.6 Å². The zero-order valence-electron chi connectivity index (χ0n) is 17.0. The summed E-state index contributed by atoms with van der Waals surface area (Å²) in [7, 11) is 0. The van der Waals surface area contributed by atoms with Gasteiger partial charge in [0.05, 0.1) is 24.1 Å². The highest BCUT2D eigenvalue weighted by molar-refractivity contribution is 8.03. The lowest BCUT2D eigenvalue weighted by molar-refractivity contribution is -0.163. The van der Waals surface area contributed by atoms with Gasteiger partial charge in [0.25, 0.3) is 0 Å². The average molecular weight is 461 g/mol. The van der Waals surface area contributed by atoms with Crippen LogP contribution in [0.2, 0.25) is 0 Å². The van der Waals surface area contributed by atoms with E-state index in [4.69, 9.17) is 0 Å². The molecule has 0 aromatic rings. The molecule has 3 saturated heterocycles. The van der Waals surface area contributed by atoms with Gasteiger partial charge in [-0.05, 0) is 26.3 Å². The van der Waals surface area contributed by atoms with Crippen molar-refractivity contribution in [3.05, 3.63) is 10.6 Å². The fourth-order valence-corrected chi connectivity index (χ4v) is 6.41. The van der Waals surface area contributed by atoms with Crippen molar-refractivity contribution in [1.82, 2.24) is 20.9 Å². The maximum absolute atomic E-state index is 12.5. The lowest BCUT2D eigenvalue weighted by Gasteiger charge is -2.46. The van der Waals surface area contributed by atoms with Gasteiger partial charge in [-0.25, -0.2) is 4.79 Å². The van der Waals surface area contributed by atoms with Gasteiger partial charge in [0, 0.05) is 35.2 Å². The molecular weight excluding hydrogens is 432 g/mol. The van der Waals surface area contributed by atoms with Crippen LogP contribution < -0.4 is 16.0 Å². The molecule has 0 bridgehead atoms. The highest BCUT2D eigenvalue weighted by atomic mass is 35.5. The third kappa shape index (κ3) is 3.95. The van der Waals surface area contributed by atoms with Crippen molar-refractivity contribution in [2.75, 3.05) is 19.6 Å². The van der Waals surface area contributed by atoms with E-state index in [9.17, 15) is 24.6 Å². The van der Waals surface area contributed by atoms with Crippen LogP contribution in [0.25, 0.3) is 0 Å². The standard InChI is InChI=1S/C19H28N4O5S.ClH/c1-8-14-13(9(2)24)18(26)23(14)15(19(27)28)16(8)29-11-5-12(21-7-11)17(25)22-10-3-4-20-6-10;/h8-14,20-21,24H,3-7H2,1-2H3,(H,22,25)(H,27,28);1H/t8-,9-,10+,11+,12+,13-,14-;/m1./s1. The van der Waals surface area contributed by atoms with Gasteiger partial charge in [-0.2, -0.15) is 0 Å². The Kier molecular flexibility index (Phi) is 7.03. The molecule has 2 amide bonds. The second-order valence-corrected chi connectivity index (χ2v) is 9.75. The summed E-state index contributed by atoms with van der Waals surface area (Å²) < 4.78 is 0. The maximum Gasteiger partial charge on any atom is 0.353 e. The number of amides is 2. The third-order valence-electron chi connectivity index (χ3n) is 6.42. The maximum atomic E-state index is 12.5. The molecule has 0 radical (unpaired) electrons. The van der Waals surface area contributed by atoms with Crippen molar-refractivity contribution in [3.63, 3.8) is 0 Å². The summed E-state index contributed by atoms with van der Waals surface area (Å²) in [5.41, 5.74) is 0.0410. The summed E-state index contributed by atoms with van der Waals surface area (Å²) >= 11 is 1.45. The van der Waals surface area contributed by atoms with E-state index in [1.807, 2.05) is 6.92 Å². The van der Waals surface area contributed by atoms with Crippen molar-refractivity contribution in [2.24, 2.45) is 11.8 Å². The number of carbonyl (C=O) groups is 3. The van der Waals surface area contributed by atoms with Gasteiger partial charge >= 0.3 is 5.97 Å². The van der Waals surface area contributed by atoms with E-state index < -0.39 is 18.0 Å². The van der Waals surface area contributed by atoms with Gasteiger partial charge in [-0.3, -0.25) is 9.59 Å². The van der Waals surface area contributed by atoms with Crippen LogP contribution in [0.1, 0.15) is 26.7 Å². The Balaban J connectivity index is 0.00000256. The number of aliphatic carboxylic acids is 1. The van der Waals surface area contributed by atoms with Crippen molar-refractivity contribution in [3.8, 4) is 0 Å². The van der Waals surface area contributed by atoms with E-state index >= 15 is 0 Å². The number of carbonyl (C=O) groups excluding carboxylic acids is 2. The number of rotatable bonds is 6. The highest BCUT2D eigenvalue weighted by Crippen LogP contribution is 2.51. The van der Waals surface area contributed by atoms with Crippen LogP contribution in [-0.4, -0.2) is 82.0 Å². The third-order valence-corrected chi connectivity index (χ3v) is 7.93. The van der Waals surface area contributed by atoms with E-state index in [2.05, 4.69) is 16.0 Å². The molecule has 0 spiro atoms. The van der Waals surface area contributed by atoms with Crippen LogP contribution in [0.3, 0.4) is 0 Å². The van der Waals surface area contributed by atoms with Gasteiger partial charge in [0.15, 0.2) is 0 Å². The molecular formula is C19H29ClN4O5S. The van der Waals surface area contributed by atoms with Crippen LogP contribution >= 0.6 is 24.2 Å². The number of thioether (sulfide) groups is 1. The van der Waals surface area contributed by atoms with Gasteiger partial charge in [-0.15, -0.1) is 24.2 Å². The normalized spacial score (nSPS) is 36.2. The number of β-lactam (4-membered cyclic amide) rings is 1. The molecule has 30 heavy (non-hydrogen) atoms. The number of aliphatic hydroxyl groups excluding tert-OH is 1. The Morgan fingerprint density at radius 3 is 2.67 bits per heavy atom. The predicted molar refractivity (Wildman–Crippen MR) is 114 cm³/mol. The second-order valence-electron chi connectivity index (χ2n) is 8.41. The first kappa shape index (κ1) is 23.3. The quantitative estimate of drug-likeness (QED) is 0.335. The Bertz CT molecular complexity index is 757. The minimum absolute atomic E-state index is 0. The van der Waals surface area contributed by atoms with Crippen molar-refractivity contribution < 1.29 is 24.6 Å². The van der Waals surface area contributed by atoms with Gasteiger partial charge in [-0.1, -0.05) is 6.92 Å². The summed E-state index contributed by atoms with van der Waals surface area (Å²) in [6.45, 7) is 5.79. The Morgan fingerprint density at radius 2 is 2.07 bits per heavy atom. The molecule has 9 nitrogen and oxygen atoms in total. The van der Waals surface area contributed by atoms with E-state index in [-0.39, 0.29) is 59.2 Å². The molecule has 7 atom stereocenters. The number of halogens is 1. The number of hydrogen-bond donors (Lipinski definition) is 5. The monoisotopic (exact) mass is 460 g/mol. The SMILES string of the molecule is C[C@@H](O)[C@H]1C(=O)N2C(C(=O)O)=C(S[C@@H]3CN[C@H](C(=O)N[C@H]4CCNC4)C3)[C@H](C)[C@H]12.Cl. The van der Waals surface area contributed by atoms with Crippen molar-refractivity contribution in [2.45, 2.75) is 56.2 Å². The van der Waals surface area contributed by atoms with Crippen molar-refractivity contribution in [1.29, 1.82) is 0 Å². The van der Waals surface area contributed by atoms with Gasteiger partial charge in [0.2, 0.25) is 11.8 Å². The average Bonchev–Trinajstić information content (AvgIpc) is 3.36. The molecule has 4 aliphatic rings. The molecule has 4 heterocycles. The lowest BCUT2D eigenvalue weighted by atomic mass is 9.79. The lowest BCUT2D eigenvalue weighted by Crippen LogP contribution is -2.63. The topological polar surface area (TPSA) is 131 Å². The van der Waals surface area contributed by atoms with E-state index in [0.29, 0.717) is 17.9 Å². The Hall–Kier alpha value is -1.33. The summed E-state index contributed by atoms with van der Waals surface area (Å²) in [6, 6.07) is -0.430. The van der Waals surface area contributed by atoms with E-state index in [0.717, 1.165) is 19.5 Å². The van der Waals surface area contributed by atoms with E-state index in [1.54, 1.807) is 6.92 Å². The molecule has 0 saturated carbocycles. The first-order chi connectivity index (χ1) is 13.8. The van der Waals surface area contributed by atoms with Crippen LogP contribution in [0.4, 0.5) is 0 Å². The Morgan fingerprint density at radius 1 is 1.33 bits per heavy atom. The summed E-state index contributed by atoms with van der Waals surface area (Å²) in [5.74, 6) is -2.16. The van der Waals surface area contributed by atoms with Gasteiger partial charge in [0.1, 0.15) is 5.70 Å². The molecule has 0 aliphatic carbocycles. The van der Waals surface area contributed by atoms with Crippen LogP contribution in [-0.2, 0) is 14.4 Å². The minimum atomic E-state index is -1.12. The smallest absolute Gasteiger partial charge is 0.353 e. The zero-order valence-corrected chi connectivity index (χ0v) is 18.6. The number of nitrogens with zero attached hydrogens (tertiary/aromatic N) is 1. The zero-order chi connectivity index (χ0) is 20.9. The fraction of sp³-hybridized carbons (Fsp3) is 0.737. The molecule has 11 heteroatoms. The first-order valence-electron chi connectivity index (χ1n) is 10.2. The molecule has 0 unspecified atom stereocenters. The summed E-state index contributed by atoms with van der Waals surface area (Å²) in [4.78, 5) is 38.8. The Labute approximate surface area is 185 Å². The van der Waals surface area contributed by atoms with Crippen molar-refractivity contribution >= 4 is 42.0 Å². The number of carboxylic acid groups (broad SMARTS) is 1. The molecule has 4 aliphatic heterocycles. The van der Waals surface area contributed by atoms with E-state index in [1.165, 1.54) is 16.7 Å². The molecule has 168 valence electrons. The number of fused-ring (bicyclic) bond motifs is 1. The largest absolute Gasteiger partial charge is 0.477 e. The number of nitrogens with one attached hydrogen (secondary N) is 3. The summed E-state index contributed by atoms with van der Waals surface area (Å²) in [5, 5.41) is 29.2. The summed E-state index contributed by atoms with van der Waals surface area (Å²) in [6.07, 6.45) is 0.730. The van der Waals surface area contributed by atoms with Gasteiger partial charge < -0.3 is 31.1 Å². The first-order valence-corrected chi connectivity index (χ1v) is 11.1. The highest BCUT2D eigenvalue weighted by Gasteiger charge is 2.60. The number of carboxylic acids is 1. The predicted octanol–water partition coefficient (Wildman–Crippen LogP) is -0.496. The fourth-order valence-electron chi connectivity index (χ4n) is 4.93. The second kappa shape index (κ2) is 9.04. The molecule has 4 rings (SSSR count). The van der Waals surface area contributed by atoms with Crippen LogP contribution in [0.5, 0.6) is 0 Å².